The van der Waals surface area contributed by atoms with E-state index in [0.29, 0.717) is 34.7 Å². The van der Waals surface area contributed by atoms with E-state index in [1.165, 1.54) is 4.90 Å². The van der Waals surface area contributed by atoms with Gasteiger partial charge in [0.05, 0.1) is 31.3 Å². The van der Waals surface area contributed by atoms with Crippen LogP contribution in [-0.2, 0) is 6.54 Å². The van der Waals surface area contributed by atoms with Crippen molar-refractivity contribution in [2.45, 2.75) is 53.2 Å². The molecule has 1 amide bonds. The summed E-state index contributed by atoms with van der Waals surface area (Å²) in [6.07, 6.45) is 8.17. The van der Waals surface area contributed by atoms with E-state index in [2.05, 4.69) is 4.98 Å². The van der Waals surface area contributed by atoms with Gasteiger partial charge in [0.25, 0.3) is 5.91 Å². The minimum Gasteiger partial charge on any atom is -0.489 e. The van der Waals surface area contributed by atoms with Crippen molar-refractivity contribution in [2.75, 3.05) is 11.5 Å². The van der Waals surface area contributed by atoms with E-state index in [1.54, 1.807) is 47.6 Å². The highest BCUT2D eigenvalue weighted by Gasteiger charge is 2.27. The Morgan fingerprint density at radius 2 is 1.97 bits per heavy atom. The highest BCUT2D eigenvalue weighted by molar-refractivity contribution is 6.10. The Morgan fingerprint density at radius 1 is 1.20 bits per heavy atom. The molecule has 0 saturated heterocycles. The van der Waals surface area contributed by atoms with E-state index in [9.17, 15) is 14.7 Å². The van der Waals surface area contributed by atoms with Gasteiger partial charge in [0, 0.05) is 29.2 Å². The molecule has 0 aliphatic heterocycles. The van der Waals surface area contributed by atoms with Crippen LogP contribution in [0.5, 0.6) is 5.75 Å². The first-order chi connectivity index (χ1) is 16.8. The van der Waals surface area contributed by atoms with Crippen LogP contribution in [0.2, 0.25) is 0 Å². The molecular formula is C28H33N3O4. The number of aliphatic hydroxyl groups is 1. The van der Waals surface area contributed by atoms with Gasteiger partial charge in [-0.3, -0.25) is 14.5 Å². The monoisotopic (exact) mass is 475 g/mol. The van der Waals surface area contributed by atoms with Gasteiger partial charge in [0.1, 0.15) is 5.75 Å². The number of anilines is 1. The number of ether oxygens (including phenoxy) is 1. The van der Waals surface area contributed by atoms with E-state index < -0.39 is 0 Å². The minimum absolute atomic E-state index is 0.119. The summed E-state index contributed by atoms with van der Waals surface area (Å²) in [5.41, 5.74) is 2.61. The zero-order chi connectivity index (χ0) is 25.4. The van der Waals surface area contributed by atoms with Gasteiger partial charge in [-0.1, -0.05) is 37.6 Å². The predicted molar refractivity (Wildman–Crippen MR) is 137 cm³/mol. The fourth-order valence-electron chi connectivity index (χ4n) is 3.72. The van der Waals surface area contributed by atoms with Crippen LogP contribution in [0.25, 0.3) is 0 Å². The molecular weight excluding hydrogens is 442 g/mol. The lowest BCUT2D eigenvalue weighted by Gasteiger charge is -2.28. The molecule has 7 heteroatoms. The maximum Gasteiger partial charge on any atom is 0.263 e. The summed E-state index contributed by atoms with van der Waals surface area (Å²) in [6, 6.07) is 12.4. The van der Waals surface area contributed by atoms with E-state index >= 15 is 0 Å². The number of ketones is 1. The molecule has 2 aromatic carbocycles. The van der Waals surface area contributed by atoms with E-state index in [1.807, 2.05) is 52.0 Å². The molecule has 3 rings (SSSR count). The standard InChI is InChI=1S/C28H33N3O4/c1-5-6-10-23(18-32)31(28(34)24-11-8-7-9-21(24)4)25-16-22(12-13-27(25)35-20(2)3)26(33)17-30-15-14-29-19-30/h7-16,19-20,32H,5-6,17-18H2,1-4H3/b23-10+. The van der Waals surface area contributed by atoms with Gasteiger partial charge in [-0.15, -0.1) is 0 Å². The number of rotatable bonds is 11. The third-order valence-electron chi connectivity index (χ3n) is 5.47. The third-order valence-corrected chi connectivity index (χ3v) is 5.47. The number of amides is 1. The molecule has 1 aromatic heterocycles. The summed E-state index contributed by atoms with van der Waals surface area (Å²) >= 11 is 0. The Morgan fingerprint density at radius 3 is 2.60 bits per heavy atom. The van der Waals surface area contributed by atoms with Crippen molar-refractivity contribution in [3.8, 4) is 5.75 Å². The Bertz CT molecular complexity index is 1180. The van der Waals surface area contributed by atoms with Gasteiger partial charge < -0.3 is 14.4 Å². The van der Waals surface area contributed by atoms with Crippen molar-refractivity contribution in [3.63, 3.8) is 0 Å². The van der Waals surface area contributed by atoms with Gasteiger partial charge >= 0.3 is 0 Å². The molecule has 0 fully saturated rings. The first kappa shape index (κ1) is 25.9. The Kier molecular flexibility index (Phi) is 8.98. The quantitative estimate of drug-likeness (QED) is 0.386. The third kappa shape index (κ3) is 6.45. The van der Waals surface area contributed by atoms with Crippen LogP contribution >= 0.6 is 0 Å². The van der Waals surface area contributed by atoms with E-state index in [4.69, 9.17) is 4.74 Å². The summed E-state index contributed by atoms with van der Waals surface area (Å²) in [5, 5.41) is 10.3. The fraction of sp³-hybridized carbons (Fsp3) is 0.321. The molecule has 0 aliphatic rings. The predicted octanol–water partition coefficient (Wildman–Crippen LogP) is 5.18. The van der Waals surface area contributed by atoms with Gasteiger partial charge in [-0.25, -0.2) is 4.98 Å². The van der Waals surface area contributed by atoms with Gasteiger partial charge in [0.15, 0.2) is 5.78 Å². The number of hydrogen-bond acceptors (Lipinski definition) is 5. The molecule has 1 N–H and O–H groups in total. The largest absolute Gasteiger partial charge is 0.489 e. The van der Waals surface area contributed by atoms with Crippen LogP contribution in [0, 0.1) is 6.92 Å². The van der Waals surface area contributed by atoms with Crippen LogP contribution in [-0.4, -0.2) is 39.1 Å². The number of aliphatic hydroxyl groups excluding tert-OH is 1. The Labute approximate surface area is 206 Å². The topological polar surface area (TPSA) is 84.7 Å². The molecule has 3 aromatic rings. The molecule has 1 heterocycles. The van der Waals surface area contributed by atoms with E-state index in [-0.39, 0.29) is 30.9 Å². The van der Waals surface area contributed by atoms with Crippen molar-refractivity contribution in [1.29, 1.82) is 0 Å². The number of carbonyl (C=O) groups is 2. The molecule has 184 valence electrons. The normalized spacial score (nSPS) is 11.5. The summed E-state index contributed by atoms with van der Waals surface area (Å²) in [4.78, 5) is 32.5. The molecule has 0 spiro atoms. The van der Waals surface area contributed by atoms with Crippen LogP contribution in [0.15, 0.2) is 73.0 Å². The van der Waals surface area contributed by atoms with Gasteiger partial charge in [-0.2, -0.15) is 0 Å². The van der Waals surface area contributed by atoms with Crippen molar-refractivity contribution in [3.05, 3.63) is 89.6 Å². The van der Waals surface area contributed by atoms with Gasteiger partial charge in [0.2, 0.25) is 0 Å². The van der Waals surface area contributed by atoms with Crippen LogP contribution < -0.4 is 9.64 Å². The fourth-order valence-corrected chi connectivity index (χ4v) is 3.72. The zero-order valence-electron chi connectivity index (χ0n) is 20.8. The Hall–Kier alpha value is -3.71. The molecule has 0 radical (unpaired) electrons. The lowest BCUT2D eigenvalue weighted by atomic mass is 10.0. The zero-order valence-corrected chi connectivity index (χ0v) is 20.8. The molecule has 0 saturated carbocycles. The number of aryl methyl sites for hydroxylation is 1. The number of Topliss-reactive ketones (excluding diaryl/α,β-unsaturated/α-hetero) is 1. The number of nitrogens with zero attached hydrogens (tertiary/aromatic N) is 3. The molecule has 7 nitrogen and oxygen atoms in total. The molecule has 0 unspecified atom stereocenters. The van der Waals surface area contributed by atoms with Crippen molar-refractivity contribution in [2.24, 2.45) is 0 Å². The van der Waals surface area contributed by atoms with Crippen LogP contribution in [0.4, 0.5) is 5.69 Å². The smallest absolute Gasteiger partial charge is 0.263 e. The van der Waals surface area contributed by atoms with Crippen molar-refractivity contribution < 1.29 is 19.4 Å². The number of hydrogen-bond donors (Lipinski definition) is 1. The molecule has 35 heavy (non-hydrogen) atoms. The summed E-state index contributed by atoms with van der Waals surface area (Å²) < 4.78 is 7.74. The maximum atomic E-state index is 13.9. The second kappa shape index (κ2) is 12.1. The van der Waals surface area contributed by atoms with Crippen LogP contribution in [0.1, 0.15) is 59.9 Å². The van der Waals surface area contributed by atoms with E-state index in [0.717, 1.165) is 12.0 Å². The average Bonchev–Trinajstić information content (AvgIpc) is 3.35. The number of allylic oxidation sites excluding steroid dienone is 1. The number of imidazole rings is 1. The lowest BCUT2D eigenvalue weighted by Crippen LogP contribution is -2.33. The van der Waals surface area contributed by atoms with Gasteiger partial charge in [-0.05, 0) is 57.0 Å². The number of benzene rings is 2. The summed E-state index contributed by atoms with van der Waals surface area (Å²) in [5.74, 6) is 0.0241. The molecule has 0 bridgehead atoms. The highest BCUT2D eigenvalue weighted by Crippen LogP contribution is 2.35. The minimum atomic E-state index is -0.341. The van der Waals surface area contributed by atoms with Crippen molar-refractivity contribution in [1.82, 2.24) is 9.55 Å². The average molecular weight is 476 g/mol. The lowest BCUT2D eigenvalue weighted by molar-refractivity contribution is 0.0966. The first-order valence-corrected chi connectivity index (χ1v) is 11.8. The highest BCUT2D eigenvalue weighted by atomic mass is 16.5. The first-order valence-electron chi connectivity index (χ1n) is 11.8. The second-order valence-electron chi connectivity index (χ2n) is 8.61. The van der Waals surface area contributed by atoms with Crippen molar-refractivity contribution >= 4 is 17.4 Å². The summed E-state index contributed by atoms with van der Waals surface area (Å²) in [7, 11) is 0. The molecule has 0 aliphatic carbocycles. The SMILES string of the molecule is CCC/C=C(\CO)N(C(=O)c1ccccc1C)c1cc(C(=O)Cn2ccnc2)ccc1OC(C)C. The maximum absolute atomic E-state index is 13.9. The number of aromatic nitrogens is 2. The van der Waals surface area contributed by atoms with Crippen LogP contribution in [0.3, 0.4) is 0 Å². The molecule has 0 atom stereocenters. The number of carbonyl (C=O) groups excluding carboxylic acids is 2. The Balaban J connectivity index is 2.17. The second-order valence-corrected chi connectivity index (χ2v) is 8.61. The number of unbranched alkanes of at least 4 members (excludes halogenated alkanes) is 1. The summed E-state index contributed by atoms with van der Waals surface area (Å²) in [6.45, 7) is 7.47.